The van der Waals surface area contributed by atoms with E-state index in [1.165, 1.54) is 0 Å². The molecule has 92 valence electrons. The van der Waals surface area contributed by atoms with Crippen LogP contribution in [0.4, 0.5) is 17.2 Å². The number of nitrogens with two attached hydrogens (primary N) is 2. The maximum Gasteiger partial charge on any atom is 0.152 e. The molecule has 2 rings (SSSR count). The van der Waals surface area contributed by atoms with E-state index in [4.69, 9.17) is 11.5 Å². The third kappa shape index (κ3) is 3.04. The molecule has 0 radical (unpaired) electrons. The second kappa shape index (κ2) is 5.98. The largest absolute Gasteiger partial charge is 0.397 e. The molecule has 1 aliphatic heterocycles. The standard InChI is InChI=1S/C9H14N4O.2ClH/c10-6-3-8(11)9(12-4-6)13-2-1-7(14)5-13;;/h3-4,7,14H,1-2,5,10-11H2;2*1H. The van der Waals surface area contributed by atoms with Crippen LogP contribution in [0.15, 0.2) is 12.3 Å². The Kier molecular flexibility index (Phi) is 5.64. The minimum atomic E-state index is -0.270. The molecule has 1 aromatic rings. The van der Waals surface area contributed by atoms with Crippen molar-refractivity contribution >= 4 is 42.0 Å². The van der Waals surface area contributed by atoms with E-state index < -0.39 is 0 Å². The number of aromatic nitrogens is 1. The van der Waals surface area contributed by atoms with E-state index in [0.717, 1.165) is 18.8 Å². The smallest absolute Gasteiger partial charge is 0.152 e. The van der Waals surface area contributed by atoms with E-state index in [1.54, 1.807) is 12.3 Å². The SMILES string of the molecule is Cl.Cl.Nc1cnc(N2CCC(O)C2)c(N)c1. The number of aliphatic hydroxyl groups excluding tert-OH is 1. The van der Waals surface area contributed by atoms with Gasteiger partial charge in [0.25, 0.3) is 0 Å². The van der Waals surface area contributed by atoms with Gasteiger partial charge in [0, 0.05) is 13.1 Å². The molecule has 0 aromatic carbocycles. The maximum absolute atomic E-state index is 9.37. The summed E-state index contributed by atoms with van der Waals surface area (Å²) in [5.41, 5.74) is 12.5. The highest BCUT2D eigenvalue weighted by Crippen LogP contribution is 2.25. The van der Waals surface area contributed by atoms with E-state index in [0.29, 0.717) is 17.9 Å². The van der Waals surface area contributed by atoms with Crippen LogP contribution in [0.3, 0.4) is 0 Å². The van der Waals surface area contributed by atoms with Crippen molar-refractivity contribution in [1.82, 2.24) is 4.98 Å². The molecular weight excluding hydrogens is 251 g/mol. The number of nitrogen functional groups attached to an aromatic ring is 2. The molecule has 0 bridgehead atoms. The monoisotopic (exact) mass is 266 g/mol. The molecule has 1 aromatic heterocycles. The van der Waals surface area contributed by atoms with Gasteiger partial charge < -0.3 is 21.5 Å². The number of nitrogens with zero attached hydrogens (tertiary/aromatic N) is 2. The van der Waals surface area contributed by atoms with Gasteiger partial charge in [0.1, 0.15) is 0 Å². The van der Waals surface area contributed by atoms with Crippen LogP contribution in [0.5, 0.6) is 0 Å². The summed E-state index contributed by atoms with van der Waals surface area (Å²) in [7, 11) is 0. The zero-order valence-corrected chi connectivity index (χ0v) is 10.3. The molecule has 16 heavy (non-hydrogen) atoms. The summed E-state index contributed by atoms with van der Waals surface area (Å²) in [6.45, 7) is 1.39. The minimum Gasteiger partial charge on any atom is -0.397 e. The van der Waals surface area contributed by atoms with Crippen molar-refractivity contribution in [3.63, 3.8) is 0 Å². The molecule has 1 unspecified atom stereocenters. The molecule has 1 aliphatic rings. The molecule has 0 saturated carbocycles. The quantitative estimate of drug-likeness (QED) is 0.695. The first-order valence-electron chi connectivity index (χ1n) is 4.61. The summed E-state index contributed by atoms with van der Waals surface area (Å²) in [6, 6.07) is 1.69. The van der Waals surface area contributed by atoms with Crippen LogP contribution in [0.2, 0.25) is 0 Å². The first-order chi connectivity index (χ1) is 6.66. The van der Waals surface area contributed by atoms with Crippen molar-refractivity contribution < 1.29 is 5.11 Å². The summed E-state index contributed by atoms with van der Waals surface area (Å²) in [4.78, 5) is 6.13. The van der Waals surface area contributed by atoms with E-state index >= 15 is 0 Å². The molecule has 0 amide bonds. The molecule has 0 spiro atoms. The number of anilines is 3. The van der Waals surface area contributed by atoms with E-state index in [9.17, 15) is 5.11 Å². The third-order valence-corrected chi connectivity index (χ3v) is 2.38. The van der Waals surface area contributed by atoms with Gasteiger partial charge in [-0.3, -0.25) is 0 Å². The lowest BCUT2D eigenvalue weighted by Crippen LogP contribution is -2.23. The van der Waals surface area contributed by atoms with Gasteiger partial charge >= 0.3 is 0 Å². The van der Waals surface area contributed by atoms with Crippen molar-refractivity contribution in [1.29, 1.82) is 0 Å². The normalized spacial score (nSPS) is 18.8. The van der Waals surface area contributed by atoms with E-state index in [2.05, 4.69) is 4.98 Å². The molecule has 1 saturated heterocycles. The highest BCUT2D eigenvalue weighted by Gasteiger charge is 2.22. The Labute approximate surface area is 107 Å². The fourth-order valence-corrected chi connectivity index (χ4v) is 1.69. The van der Waals surface area contributed by atoms with Gasteiger partial charge in [-0.05, 0) is 12.5 Å². The van der Waals surface area contributed by atoms with Gasteiger partial charge in [-0.1, -0.05) is 0 Å². The Morgan fingerprint density at radius 2 is 2.06 bits per heavy atom. The van der Waals surface area contributed by atoms with Gasteiger partial charge in [-0.2, -0.15) is 0 Å². The lowest BCUT2D eigenvalue weighted by molar-refractivity contribution is 0.198. The zero-order valence-electron chi connectivity index (χ0n) is 8.67. The number of β-amino-alcohol motifs (C(OH)–C–C–N with tert-alkyl or cyclic N) is 1. The first-order valence-corrected chi connectivity index (χ1v) is 4.61. The highest BCUT2D eigenvalue weighted by molar-refractivity contribution is 5.85. The Balaban J connectivity index is 0.00000112. The van der Waals surface area contributed by atoms with Crippen molar-refractivity contribution in [2.45, 2.75) is 12.5 Å². The average Bonchev–Trinajstić information content (AvgIpc) is 2.51. The Morgan fingerprint density at radius 3 is 2.56 bits per heavy atom. The third-order valence-electron chi connectivity index (χ3n) is 2.38. The highest BCUT2D eigenvalue weighted by atomic mass is 35.5. The van der Waals surface area contributed by atoms with Crippen molar-refractivity contribution in [2.24, 2.45) is 0 Å². The van der Waals surface area contributed by atoms with Crippen LogP contribution in [-0.4, -0.2) is 29.3 Å². The second-order valence-corrected chi connectivity index (χ2v) is 3.57. The fraction of sp³-hybridized carbons (Fsp3) is 0.444. The van der Waals surface area contributed by atoms with Gasteiger partial charge in [-0.25, -0.2) is 4.98 Å². The summed E-state index contributed by atoms with van der Waals surface area (Å²) in [6.07, 6.45) is 2.08. The van der Waals surface area contributed by atoms with Crippen LogP contribution in [-0.2, 0) is 0 Å². The molecule has 0 aliphatic carbocycles. The van der Waals surface area contributed by atoms with Gasteiger partial charge in [-0.15, -0.1) is 24.8 Å². The molecule has 2 heterocycles. The zero-order chi connectivity index (χ0) is 10.1. The Bertz CT molecular complexity index is 350. The van der Waals surface area contributed by atoms with Crippen molar-refractivity contribution in [3.8, 4) is 0 Å². The van der Waals surface area contributed by atoms with Crippen molar-refractivity contribution in [3.05, 3.63) is 12.3 Å². The van der Waals surface area contributed by atoms with Crippen LogP contribution >= 0.6 is 24.8 Å². The summed E-state index contributed by atoms with van der Waals surface area (Å²) in [5.74, 6) is 0.718. The number of hydrogen-bond donors (Lipinski definition) is 3. The molecule has 5 N–H and O–H groups in total. The topological polar surface area (TPSA) is 88.4 Å². The second-order valence-electron chi connectivity index (χ2n) is 3.57. The molecule has 7 heteroatoms. The lowest BCUT2D eigenvalue weighted by atomic mass is 10.3. The average molecular weight is 267 g/mol. The number of aliphatic hydroxyl groups is 1. The molecule has 1 atom stereocenters. The first kappa shape index (κ1) is 15.1. The summed E-state index contributed by atoms with van der Waals surface area (Å²) >= 11 is 0. The predicted molar refractivity (Wildman–Crippen MR) is 70.4 cm³/mol. The summed E-state index contributed by atoms with van der Waals surface area (Å²) in [5, 5.41) is 9.37. The number of rotatable bonds is 1. The van der Waals surface area contributed by atoms with Crippen LogP contribution < -0.4 is 16.4 Å². The summed E-state index contributed by atoms with van der Waals surface area (Å²) < 4.78 is 0. The van der Waals surface area contributed by atoms with Gasteiger partial charge in [0.15, 0.2) is 5.82 Å². The number of hydrogen-bond acceptors (Lipinski definition) is 5. The Hall–Kier alpha value is -0.910. The maximum atomic E-state index is 9.37. The van der Waals surface area contributed by atoms with Crippen molar-refractivity contribution in [2.75, 3.05) is 29.5 Å². The Morgan fingerprint density at radius 1 is 1.38 bits per heavy atom. The lowest BCUT2D eigenvalue weighted by Gasteiger charge is -2.18. The van der Waals surface area contributed by atoms with Crippen LogP contribution in [0.25, 0.3) is 0 Å². The van der Waals surface area contributed by atoms with Gasteiger partial charge in [0.2, 0.25) is 0 Å². The van der Waals surface area contributed by atoms with E-state index in [1.807, 2.05) is 4.90 Å². The molecule has 5 nitrogen and oxygen atoms in total. The molecule has 1 fully saturated rings. The number of halogens is 2. The van der Waals surface area contributed by atoms with Gasteiger partial charge in [0.05, 0.1) is 23.7 Å². The fourth-order valence-electron chi connectivity index (χ4n) is 1.69. The van der Waals surface area contributed by atoms with Crippen LogP contribution in [0, 0.1) is 0 Å². The number of pyridine rings is 1. The van der Waals surface area contributed by atoms with Crippen LogP contribution in [0.1, 0.15) is 6.42 Å². The van der Waals surface area contributed by atoms with E-state index in [-0.39, 0.29) is 30.9 Å². The molecular formula is C9H16Cl2N4O. The minimum absolute atomic E-state index is 0. The predicted octanol–water partition coefficient (Wildman–Crippen LogP) is 0.661.